The average molecular weight is 1150 g/mol. The van der Waals surface area contributed by atoms with E-state index in [2.05, 4.69) is 360 Å². The van der Waals surface area contributed by atoms with Crippen LogP contribution in [-0.4, -0.2) is 0 Å². The largest absolute Gasteiger partial charge is 0.0622 e. The van der Waals surface area contributed by atoms with Crippen LogP contribution in [0.2, 0.25) is 0 Å². The Balaban J connectivity index is 0.000000114. The number of hydrogen-bond donors (Lipinski definition) is 0. The second-order valence-corrected chi connectivity index (χ2v) is 22.5. The third kappa shape index (κ3) is 18.2. The quantitative estimate of drug-likeness (QED) is 0.156. The second-order valence-electron chi connectivity index (χ2n) is 22.5. The minimum atomic E-state index is 1.03. The summed E-state index contributed by atoms with van der Waals surface area (Å²) in [5.41, 5.74) is 25.8. The molecule has 14 aromatic rings. The van der Waals surface area contributed by atoms with Crippen molar-refractivity contribution < 1.29 is 0 Å². The van der Waals surface area contributed by atoms with Crippen LogP contribution in [0.25, 0.3) is 66.4 Å². The zero-order valence-electron chi connectivity index (χ0n) is 51.5. The first kappa shape index (κ1) is 61.4. The Bertz CT molecular complexity index is 4160. The van der Waals surface area contributed by atoms with E-state index in [0.29, 0.717) is 0 Å². The molecule has 0 bridgehead atoms. The Hall–Kier alpha value is -10.7. The van der Waals surface area contributed by atoms with Crippen LogP contribution in [-0.2, 0) is 25.7 Å². The van der Waals surface area contributed by atoms with E-state index in [9.17, 15) is 0 Å². The Kier molecular flexibility index (Phi) is 22.6. The lowest BCUT2D eigenvalue weighted by Crippen LogP contribution is -1.85. The fourth-order valence-electron chi connectivity index (χ4n) is 11.3. The van der Waals surface area contributed by atoms with Gasteiger partial charge in [-0.15, -0.1) is 0 Å². The molecule has 0 radical (unpaired) electrons. The van der Waals surface area contributed by atoms with Crippen LogP contribution in [0.4, 0.5) is 0 Å². The molecule has 0 saturated heterocycles. The van der Waals surface area contributed by atoms with Gasteiger partial charge in [0.15, 0.2) is 0 Å². The maximum atomic E-state index is 2.25. The molecule has 0 N–H and O–H groups in total. The predicted molar refractivity (Wildman–Crippen MR) is 383 cm³/mol. The van der Waals surface area contributed by atoms with Gasteiger partial charge in [0.25, 0.3) is 0 Å². The van der Waals surface area contributed by atoms with E-state index in [1.807, 2.05) is 30.3 Å². The third-order valence-corrected chi connectivity index (χ3v) is 15.9. The van der Waals surface area contributed by atoms with Crippen molar-refractivity contribution in [1.29, 1.82) is 0 Å². The van der Waals surface area contributed by atoms with E-state index in [0.717, 1.165) is 12.8 Å². The highest BCUT2D eigenvalue weighted by Crippen LogP contribution is 2.36. The summed E-state index contributed by atoms with van der Waals surface area (Å²) in [4.78, 5) is 0. The molecule has 2 aliphatic rings. The normalized spacial score (nSPS) is 10.8. The Labute approximate surface area is 529 Å². The average Bonchev–Trinajstić information content (AvgIpc) is 3.27. The predicted octanol–water partition coefficient (Wildman–Crippen LogP) is 23.8. The van der Waals surface area contributed by atoms with Crippen molar-refractivity contribution in [3.8, 4) is 55.6 Å². The first-order valence-corrected chi connectivity index (χ1v) is 31.1. The Morgan fingerprint density at radius 1 is 0.225 bits per heavy atom. The van der Waals surface area contributed by atoms with Crippen molar-refractivity contribution in [2.75, 3.05) is 0 Å². The highest BCUT2D eigenvalue weighted by atomic mass is 14.2. The maximum absolute atomic E-state index is 2.25. The van der Waals surface area contributed by atoms with Gasteiger partial charge in [-0.3, -0.25) is 0 Å². The number of aryl methyl sites for hydroxylation is 5. The van der Waals surface area contributed by atoms with Crippen molar-refractivity contribution in [2.24, 2.45) is 0 Å². The van der Waals surface area contributed by atoms with Crippen LogP contribution in [0.3, 0.4) is 0 Å². The number of benzene rings is 14. The van der Waals surface area contributed by atoms with Crippen molar-refractivity contribution in [1.82, 2.24) is 0 Å². The summed E-state index contributed by atoms with van der Waals surface area (Å²) in [7, 11) is 0. The summed E-state index contributed by atoms with van der Waals surface area (Å²) in [5, 5.41) is 2.92. The molecule has 14 aromatic carbocycles. The number of hydrogen-bond acceptors (Lipinski definition) is 0. The molecule has 0 heteroatoms. The molecule has 89 heavy (non-hydrogen) atoms. The molecule has 0 aromatic heterocycles. The van der Waals surface area contributed by atoms with Crippen LogP contribution < -0.4 is 0 Å². The van der Waals surface area contributed by atoms with Crippen LogP contribution in [0.1, 0.15) is 50.1 Å². The lowest BCUT2D eigenvalue weighted by molar-refractivity contribution is 1.02. The van der Waals surface area contributed by atoms with E-state index >= 15 is 0 Å². The van der Waals surface area contributed by atoms with Gasteiger partial charge in [0.05, 0.1) is 0 Å². The summed E-state index contributed by atoms with van der Waals surface area (Å²) in [5.74, 6) is 0. The molecule has 0 spiro atoms. The molecule has 0 heterocycles. The van der Waals surface area contributed by atoms with Crippen molar-refractivity contribution in [3.05, 3.63) is 420 Å². The summed E-state index contributed by atoms with van der Waals surface area (Å²) >= 11 is 0. The zero-order chi connectivity index (χ0) is 61.1. The van der Waals surface area contributed by atoms with Gasteiger partial charge in [-0.25, -0.2) is 0 Å². The summed E-state index contributed by atoms with van der Waals surface area (Å²) in [6.07, 6.45) is 4.60. The van der Waals surface area contributed by atoms with Crippen LogP contribution in [0.15, 0.2) is 370 Å². The highest BCUT2D eigenvalue weighted by Gasteiger charge is 2.16. The molecular formula is C89H78. The monoisotopic (exact) mass is 1150 g/mol. The van der Waals surface area contributed by atoms with Gasteiger partial charge in [0, 0.05) is 0 Å². The topological polar surface area (TPSA) is 0 Å². The van der Waals surface area contributed by atoms with Gasteiger partial charge in [-0.05, 0) is 152 Å². The standard InChI is InChI=1S/C13H10.4C13H12.2C12H10/c1-3-7-12-10(5-1)9-11-6-2-4-8-13(11)12;1-11-7-5-6-10-13(11)12-8-3-2-4-9-12;1-11-6-5-9-13(10-11)12-7-3-2-4-8-12;1-11-7-9-13(10-8-11)12-5-3-2-4-6-12;1-3-7-12(8-4-1)11-13-9-5-2-6-10-13;1-3-9-4-2-6-11-8-7-10(5-1)12(9)11;1-3-7-11(8-4-1)12-9-5-2-6-10-12/h1-8H,9H2;3*2-10H,1H3;1-10H,11H2;1-6H,7-8H2;1-10H. The van der Waals surface area contributed by atoms with E-state index < -0.39 is 0 Å². The molecule has 2 aliphatic carbocycles. The van der Waals surface area contributed by atoms with E-state index in [1.54, 1.807) is 0 Å². The van der Waals surface area contributed by atoms with Crippen molar-refractivity contribution >= 4 is 10.8 Å². The van der Waals surface area contributed by atoms with Crippen molar-refractivity contribution in [3.63, 3.8) is 0 Å². The van der Waals surface area contributed by atoms with Crippen LogP contribution >= 0.6 is 0 Å². The molecular weight excluding hydrogens is 1070 g/mol. The number of fused-ring (bicyclic) bond motifs is 3. The smallest absolute Gasteiger partial charge is 0.00135 e. The molecule has 434 valence electrons. The van der Waals surface area contributed by atoms with E-state index in [-0.39, 0.29) is 0 Å². The van der Waals surface area contributed by atoms with Gasteiger partial charge in [0.1, 0.15) is 0 Å². The molecule has 0 saturated carbocycles. The molecule has 0 amide bonds. The lowest BCUT2D eigenvalue weighted by atomic mass is 10.0. The van der Waals surface area contributed by atoms with Crippen molar-refractivity contribution in [2.45, 2.75) is 46.5 Å². The fourth-order valence-corrected chi connectivity index (χ4v) is 11.3. The molecule has 0 aliphatic heterocycles. The van der Waals surface area contributed by atoms with Crippen LogP contribution in [0.5, 0.6) is 0 Å². The van der Waals surface area contributed by atoms with Gasteiger partial charge >= 0.3 is 0 Å². The minimum Gasteiger partial charge on any atom is -0.0622 e. The van der Waals surface area contributed by atoms with E-state index in [1.165, 1.54) is 129 Å². The molecule has 0 nitrogen and oxygen atoms in total. The number of rotatable bonds is 6. The Morgan fingerprint density at radius 3 is 0.978 bits per heavy atom. The second kappa shape index (κ2) is 32.7. The first-order valence-electron chi connectivity index (χ1n) is 31.1. The maximum Gasteiger partial charge on any atom is -0.00135 e. The van der Waals surface area contributed by atoms with E-state index in [4.69, 9.17) is 0 Å². The summed E-state index contributed by atoms with van der Waals surface area (Å²) in [6.45, 7) is 6.36. The van der Waals surface area contributed by atoms with Crippen LogP contribution in [0, 0.1) is 20.8 Å². The zero-order valence-corrected chi connectivity index (χ0v) is 51.5. The highest BCUT2D eigenvalue weighted by molar-refractivity contribution is 5.90. The SMILES string of the molecule is Cc1ccc(-c2ccccc2)cc1.Cc1cccc(-c2ccccc2)c1.Cc1ccccc1-c1ccccc1.c1cc2c3c(cccc3c1)CC2.c1ccc(-c2ccccc2)cc1.c1ccc(Cc2ccccc2)cc1.c1ccc2c(c1)Cc1ccccc1-2. The van der Waals surface area contributed by atoms with Gasteiger partial charge < -0.3 is 0 Å². The third-order valence-electron chi connectivity index (χ3n) is 15.9. The fraction of sp³-hybridized carbons (Fsp3) is 0.0787. The van der Waals surface area contributed by atoms with Gasteiger partial charge in [-0.2, -0.15) is 0 Å². The summed E-state index contributed by atoms with van der Waals surface area (Å²) in [6, 6.07) is 129. The van der Waals surface area contributed by atoms with Gasteiger partial charge in [0.2, 0.25) is 0 Å². The first-order chi connectivity index (χ1) is 43.9. The summed E-state index contributed by atoms with van der Waals surface area (Å²) < 4.78 is 0. The molecule has 0 fully saturated rings. The minimum absolute atomic E-state index is 1.03. The van der Waals surface area contributed by atoms with Gasteiger partial charge in [-0.1, -0.05) is 381 Å². The molecule has 0 unspecified atom stereocenters. The molecule has 0 atom stereocenters. The molecule has 16 rings (SSSR count). The Morgan fingerprint density at radius 2 is 0.551 bits per heavy atom. The lowest BCUT2D eigenvalue weighted by Gasteiger charge is -2.04.